The number of nitrogens with zero attached hydrogens (tertiary/aromatic N) is 3. The van der Waals surface area contributed by atoms with Crippen LogP contribution < -0.4 is 10.1 Å². The van der Waals surface area contributed by atoms with Crippen molar-refractivity contribution in [3.8, 4) is 10.9 Å². The van der Waals surface area contributed by atoms with Crippen LogP contribution in [0.1, 0.15) is 31.7 Å². The normalized spacial score (nSPS) is 16.5. The first-order valence-electron chi connectivity index (χ1n) is 9.71. The van der Waals surface area contributed by atoms with Crippen LogP contribution >= 0.6 is 11.3 Å². The van der Waals surface area contributed by atoms with E-state index in [4.69, 9.17) is 4.74 Å². The van der Waals surface area contributed by atoms with Gasteiger partial charge in [-0.1, -0.05) is 29.9 Å². The van der Waals surface area contributed by atoms with Crippen molar-refractivity contribution in [2.45, 2.75) is 38.8 Å². The van der Waals surface area contributed by atoms with Gasteiger partial charge in [-0.2, -0.15) is 4.98 Å². The largest absolute Gasteiger partial charge is 0.431 e. The van der Waals surface area contributed by atoms with Crippen LogP contribution in [-0.4, -0.2) is 40.5 Å². The molecule has 1 atom stereocenters. The zero-order valence-electron chi connectivity index (χ0n) is 15.7. The Morgan fingerprint density at radius 2 is 1.96 bits per heavy atom. The zero-order valence-corrected chi connectivity index (χ0v) is 16.5. The van der Waals surface area contributed by atoms with Crippen LogP contribution in [0.5, 0.6) is 10.9 Å². The molecule has 1 fully saturated rings. The fraction of sp³-hybridized carbons (Fsp3) is 0.429. The van der Waals surface area contributed by atoms with Gasteiger partial charge in [0.25, 0.3) is 5.19 Å². The Labute approximate surface area is 164 Å². The molecule has 3 heterocycles. The fourth-order valence-corrected chi connectivity index (χ4v) is 4.28. The van der Waals surface area contributed by atoms with Crippen molar-refractivity contribution in [3.05, 3.63) is 48.2 Å². The van der Waals surface area contributed by atoms with Crippen LogP contribution in [0.2, 0.25) is 0 Å². The van der Waals surface area contributed by atoms with Crippen LogP contribution in [0.25, 0.3) is 10.3 Å². The number of fused-ring (bicyclic) bond motifs is 1. The maximum absolute atomic E-state index is 5.88. The summed E-state index contributed by atoms with van der Waals surface area (Å²) in [5, 5.41) is 4.21. The van der Waals surface area contributed by atoms with Gasteiger partial charge in [0.2, 0.25) is 0 Å². The van der Waals surface area contributed by atoms with E-state index in [1.54, 1.807) is 6.20 Å². The molecule has 4 rings (SSSR count). The van der Waals surface area contributed by atoms with E-state index in [2.05, 4.69) is 39.2 Å². The van der Waals surface area contributed by atoms with Crippen LogP contribution in [0.3, 0.4) is 0 Å². The Morgan fingerprint density at radius 1 is 1.15 bits per heavy atom. The molecule has 6 heteroatoms. The molecular weight excluding hydrogens is 356 g/mol. The molecular formula is C21H26N4OS. The topological polar surface area (TPSA) is 50.3 Å². The second-order valence-electron chi connectivity index (χ2n) is 7.13. The monoisotopic (exact) mass is 382 g/mol. The average Bonchev–Trinajstić information content (AvgIpc) is 3.12. The smallest absolute Gasteiger partial charge is 0.281 e. The van der Waals surface area contributed by atoms with Crippen molar-refractivity contribution >= 4 is 21.7 Å². The van der Waals surface area contributed by atoms with Gasteiger partial charge in [-0.05, 0) is 62.7 Å². The first-order chi connectivity index (χ1) is 13.3. The third-order valence-electron chi connectivity index (χ3n) is 5.06. The van der Waals surface area contributed by atoms with Crippen LogP contribution in [0, 0.1) is 0 Å². The van der Waals surface area contributed by atoms with Crippen LogP contribution in [0.15, 0.2) is 42.6 Å². The van der Waals surface area contributed by atoms with Gasteiger partial charge in [0.05, 0.1) is 4.70 Å². The van der Waals surface area contributed by atoms with Crippen molar-refractivity contribution in [2.75, 3.05) is 19.6 Å². The number of aromatic nitrogens is 2. The summed E-state index contributed by atoms with van der Waals surface area (Å²) in [5.41, 5.74) is 2.00. The second-order valence-corrected chi connectivity index (χ2v) is 8.12. The van der Waals surface area contributed by atoms with Gasteiger partial charge < -0.3 is 10.1 Å². The molecule has 1 unspecified atom stereocenters. The minimum absolute atomic E-state index is 0.598. The quantitative estimate of drug-likeness (QED) is 0.654. The lowest BCUT2D eigenvalue weighted by Crippen LogP contribution is -2.42. The predicted octanol–water partition coefficient (Wildman–Crippen LogP) is 4.45. The highest BCUT2D eigenvalue weighted by Gasteiger charge is 2.15. The summed E-state index contributed by atoms with van der Waals surface area (Å²) in [5.74, 6) is 0.805. The van der Waals surface area contributed by atoms with Crippen molar-refractivity contribution < 1.29 is 4.74 Å². The fourth-order valence-electron chi connectivity index (χ4n) is 3.48. The third kappa shape index (κ3) is 4.83. The maximum atomic E-state index is 5.88. The molecule has 2 aromatic heterocycles. The first kappa shape index (κ1) is 18.3. The highest BCUT2D eigenvalue weighted by Crippen LogP contribution is 2.30. The van der Waals surface area contributed by atoms with Gasteiger partial charge in [-0.15, -0.1) is 0 Å². The summed E-state index contributed by atoms with van der Waals surface area (Å²) in [6, 6.07) is 12.7. The minimum atomic E-state index is 0.598. The summed E-state index contributed by atoms with van der Waals surface area (Å²) >= 11 is 1.51. The van der Waals surface area contributed by atoms with Crippen LogP contribution in [-0.2, 0) is 6.54 Å². The van der Waals surface area contributed by atoms with Gasteiger partial charge in [0, 0.05) is 25.3 Å². The van der Waals surface area contributed by atoms with E-state index < -0.39 is 0 Å². The Morgan fingerprint density at radius 3 is 2.74 bits per heavy atom. The molecule has 1 aromatic carbocycles. The van der Waals surface area contributed by atoms with E-state index in [1.165, 1.54) is 49.3 Å². The third-order valence-corrected chi connectivity index (χ3v) is 5.94. The minimum Gasteiger partial charge on any atom is -0.431 e. The average molecular weight is 383 g/mol. The van der Waals surface area contributed by atoms with Crippen LogP contribution in [0.4, 0.5) is 0 Å². The highest BCUT2D eigenvalue weighted by atomic mass is 32.1. The molecule has 0 bridgehead atoms. The summed E-state index contributed by atoms with van der Waals surface area (Å²) in [6.07, 6.45) is 5.82. The number of benzene rings is 1. The number of nitrogens with one attached hydrogen (secondary N) is 1. The molecule has 1 saturated heterocycles. The zero-order chi connectivity index (χ0) is 18.5. The molecule has 1 N–H and O–H groups in total. The number of thiazole rings is 1. The number of rotatable bonds is 7. The molecule has 1 aliphatic heterocycles. The number of hydrogen-bond acceptors (Lipinski definition) is 6. The van der Waals surface area contributed by atoms with Crippen molar-refractivity contribution in [2.24, 2.45) is 0 Å². The van der Waals surface area contributed by atoms with E-state index in [1.807, 2.05) is 24.3 Å². The number of piperidine rings is 1. The Balaban J connectivity index is 1.27. The Bertz CT molecular complexity index is 825. The summed E-state index contributed by atoms with van der Waals surface area (Å²) in [7, 11) is 0. The van der Waals surface area contributed by atoms with E-state index in [9.17, 15) is 0 Å². The van der Waals surface area contributed by atoms with E-state index in [0.717, 1.165) is 29.2 Å². The highest BCUT2D eigenvalue weighted by molar-refractivity contribution is 7.20. The molecule has 0 saturated carbocycles. The van der Waals surface area contributed by atoms with Crippen molar-refractivity contribution in [1.82, 2.24) is 20.2 Å². The number of likely N-dealkylation sites (tertiary alicyclic amines) is 1. The van der Waals surface area contributed by atoms with Crippen molar-refractivity contribution in [1.29, 1.82) is 0 Å². The number of ether oxygens (including phenoxy) is 1. The standard InChI is InChI=1S/C21H26N4OS/c1-16(25-12-3-2-4-13-25)14-22-15-17-7-9-18(10-8-17)26-21-24-20-19(27-21)6-5-11-23-20/h5-11,16,22H,2-4,12-15H2,1H3. The lowest BCUT2D eigenvalue weighted by atomic mass is 10.1. The lowest BCUT2D eigenvalue weighted by Gasteiger charge is -2.32. The number of hydrogen-bond donors (Lipinski definition) is 1. The first-order valence-corrected chi connectivity index (χ1v) is 10.5. The predicted molar refractivity (Wildman–Crippen MR) is 111 cm³/mol. The lowest BCUT2D eigenvalue weighted by molar-refractivity contribution is 0.170. The van der Waals surface area contributed by atoms with Crippen molar-refractivity contribution in [3.63, 3.8) is 0 Å². The summed E-state index contributed by atoms with van der Waals surface area (Å²) in [4.78, 5) is 11.3. The van der Waals surface area contributed by atoms with Gasteiger partial charge >= 0.3 is 0 Å². The van der Waals surface area contributed by atoms with Gasteiger partial charge in [0.15, 0.2) is 5.65 Å². The van der Waals surface area contributed by atoms with E-state index in [-0.39, 0.29) is 0 Å². The summed E-state index contributed by atoms with van der Waals surface area (Å²) in [6.45, 7) is 6.72. The Kier molecular flexibility index (Phi) is 5.97. The molecule has 0 spiro atoms. The molecule has 27 heavy (non-hydrogen) atoms. The van der Waals surface area contributed by atoms with E-state index in [0.29, 0.717) is 11.2 Å². The SMILES string of the molecule is CC(CNCc1ccc(Oc2nc3ncccc3s2)cc1)N1CCCCC1. The molecule has 0 radical (unpaired) electrons. The molecule has 142 valence electrons. The molecule has 3 aromatic rings. The van der Waals surface area contributed by atoms with Gasteiger partial charge in [-0.25, -0.2) is 4.98 Å². The van der Waals surface area contributed by atoms with E-state index >= 15 is 0 Å². The number of pyridine rings is 1. The Hall–Kier alpha value is -2.02. The van der Waals surface area contributed by atoms with Gasteiger partial charge in [0.1, 0.15) is 5.75 Å². The summed E-state index contributed by atoms with van der Waals surface area (Å²) < 4.78 is 6.92. The molecule has 0 aliphatic carbocycles. The maximum Gasteiger partial charge on any atom is 0.281 e. The molecule has 1 aliphatic rings. The molecule has 5 nitrogen and oxygen atoms in total. The van der Waals surface area contributed by atoms with Gasteiger partial charge in [-0.3, -0.25) is 4.90 Å². The second kappa shape index (κ2) is 8.78. The molecule has 0 amide bonds.